The van der Waals surface area contributed by atoms with E-state index in [0.29, 0.717) is 0 Å². The van der Waals surface area contributed by atoms with Crippen molar-refractivity contribution in [3.8, 4) is 0 Å². The van der Waals surface area contributed by atoms with Gasteiger partial charge in [0.05, 0.1) is 7.11 Å². The third kappa shape index (κ3) is 6.77. The van der Waals surface area contributed by atoms with E-state index in [4.69, 9.17) is 9.47 Å². The zero-order valence-corrected chi connectivity index (χ0v) is 15.3. The molecule has 1 aliphatic rings. The van der Waals surface area contributed by atoms with Gasteiger partial charge in [-0.15, -0.1) is 0 Å². The number of carbonyl (C=O) groups excluding carboxylic acids is 2. The maximum absolute atomic E-state index is 11.9. The topological polar surface area (TPSA) is 76.7 Å². The summed E-state index contributed by atoms with van der Waals surface area (Å²) in [6.45, 7) is 9.64. The van der Waals surface area contributed by atoms with Crippen molar-refractivity contribution in [3.63, 3.8) is 0 Å². The Morgan fingerprint density at radius 2 is 1.83 bits per heavy atom. The number of carbonyl (C=O) groups is 2. The Hall–Kier alpha value is -1.30. The maximum Gasteiger partial charge on any atom is 0.407 e. The summed E-state index contributed by atoms with van der Waals surface area (Å²) in [5.41, 5.74) is -0.493. The molecule has 6 nitrogen and oxygen atoms in total. The van der Waals surface area contributed by atoms with Crippen molar-refractivity contribution >= 4 is 12.1 Å². The number of methoxy groups -OCH3 is 1. The van der Waals surface area contributed by atoms with Crippen LogP contribution in [-0.2, 0) is 14.3 Å². The first-order valence-corrected chi connectivity index (χ1v) is 8.49. The molecule has 4 unspecified atom stereocenters. The van der Waals surface area contributed by atoms with Gasteiger partial charge in [-0.3, -0.25) is 4.79 Å². The van der Waals surface area contributed by atoms with E-state index in [1.165, 1.54) is 7.11 Å². The molecule has 0 radical (unpaired) electrons. The second-order valence-electron chi connectivity index (χ2n) is 7.41. The molecule has 0 aromatic rings. The van der Waals surface area contributed by atoms with Gasteiger partial charge in [-0.1, -0.05) is 20.3 Å². The second kappa shape index (κ2) is 8.52. The summed E-state index contributed by atoms with van der Waals surface area (Å²) in [7, 11) is 1.42. The summed E-state index contributed by atoms with van der Waals surface area (Å²) in [6, 6.07) is -0.0131. The number of ether oxygens (including phenoxy) is 2. The molecule has 0 saturated heterocycles. The zero-order chi connectivity index (χ0) is 17.6. The van der Waals surface area contributed by atoms with Crippen molar-refractivity contribution < 1.29 is 19.1 Å². The Kier molecular flexibility index (Phi) is 7.32. The van der Waals surface area contributed by atoms with Gasteiger partial charge in [0.1, 0.15) is 11.6 Å². The number of esters is 1. The van der Waals surface area contributed by atoms with Crippen molar-refractivity contribution in [2.24, 2.45) is 5.92 Å². The largest absolute Gasteiger partial charge is 0.468 e. The fraction of sp³-hybridized carbons (Fsp3) is 0.882. The van der Waals surface area contributed by atoms with Gasteiger partial charge >= 0.3 is 12.1 Å². The molecule has 0 aromatic carbocycles. The van der Waals surface area contributed by atoms with Gasteiger partial charge < -0.3 is 20.1 Å². The monoisotopic (exact) mass is 328 g/mol. The van der Waals surface area contributed by atoms with Crippen LogP contribution in [0.15, 0.2) is 0 Å². The predicted octanol–water partition coefficient (Wildman–Crippen LogP) is 2.61. The molecule has 1 rings (SSSR count). The Morgan fingerprint density at radius 1 is 1.22 bits per heavy atom. The first-order valence-electron chi connectivity index (χ1n) is 8.49. The lowest BCUT2D eigenvalue weighted by Crippen LogP contribution is -2.47. The molecule has 0 bridgehead atoms. The van der Waals surface area contributed by atoms with Crippen LogP contribution in [-0.4, -0.2) is 42.9 Å². The predicted molar refractivity (Wildman–Crippen MR) is 89.2 cm³/mol. The maximum atomic E-state index is 11.9. The fourth-order valence-electron chi connectivity index (χ4n) is 2.82. The van der Waals surface area contributed by atoms with Crippen molar-refractivity contribution in [3.05, 3.63) is 0 Å². The molecule has 134 valence electrons. The van der Waals surface area contributed by atoms with Crippen LogP contribution in [0.1, 0.15) is 60.3 Å². The Balaban J connectivity index is 2.49. The Morgan fingerprint density at radius 3 is 2.35 bits per heavy atom. The molecule has 0 aromatic heterocycles. The highest BCUT2D eigenvalue weighted by Crippen LogP contribution is 2.22. The lowest BCUT2D eigenvalue weighted by atomic mass is 9.98. The van der Waals surface area contributed by atoms with E-state index in [1.807, 2.05) is 27.7 Å². The number of hydrogen-bond acceptors (Lipinski definition) is 5. The van der Waals surface area contributed by atoms with Gasteiger partial charge in [0, 0.05) is 12.1 Å². The molecule has 1 saturated carbocycles. The number of hydrogen-bond donors (Lipinski definition) is 2. The molecule has 2 N–H and O–H groups in total. The van der Waals surface area contributed by atoms with Crippen molar-refractivity contribution in [2.75, 3.05) is 7.11 Å². The summed E-state index contributed by atoms with van der Waals surface area (Å²) in [4.78, 5) is 23.8. The van der Waals surface area contributed by atoms with E-state index in [1.54, 1.807) is 0 Å². The molecule has 1 fully saturated rings. The summed E-state index contributed by atoms with van der Waals surface area (Å²) < 4.78 is 10.2. The minimum atomic E-state index is -0.493. The lowest BCUT2D eigenvalue weighted by molar-refractivity contribution is -0.144. The van der Waals surface area contributed by atoms with Gasteiger partial charge in [0.15, 0.2) is 0 Å². The van der Waals surface area contributed by atoms with Gasteiger partial charge in [0.25, 0.3) is 0 Å². The highest BCUT2D eigenvalue weighted by atomic mass is 16.6. The molecule has 0 heterocycles. The number of rotatable bonds is 6. The molecule has 1 aliphatic carbocycles. The summed E-state index contributed by atoms with van der Waals surface area (Å²) in [5.74, 6) is -0.0109. The normalized spacial score (nSPS) is 23.9. The van der Waals surface area contributed by atoms with Gasteiger partial charge in [-0.05, 0) is 46.0 Å². The van der Waals surface area contributed by atoms with Crippen LogP contribution in [0.4, 0.5) is 4.79 Å². The molecular weight excluding hydrogens is 296 g/mol. The third-order valence-electron chi connectivity index (χ3n) is 4.24. The Bertz CT molecular complexity index is 406. The molecule has 0 spiro atoms. The molecule has 6 heteroatoms. The van der Waals surface area contributed by atoms with Crippen molar-refractivity contribution in [1.29, 1.82) is 0 Å². The molecule has 23 heavy (non-hydrogen) atoms. The number of amides is 1. The molecular formula is C17H32N2O4. The van der Waals surface area contributed by atoms with E-state index in [2.05, 4.69) is 17.6 Å². The first kappa shape index (κ1) is 19.7. The van der Waals surface area contributed by atoms with E-state index in [-0.39, 0.29) is 36.1 Å². The molecule has 0 aliphatic heterocycles. The van der Waals surface area contributed by atoms with Crippen LogP contribution in [0.2, 0.25) is 0 Å². The van der Waals surface area contributed by atoms with Crippen LogP contribution >= 0.6 is 0 Å². The number of nitrogens with one attached hydrogen (secondary N) is 2. The van der Waals surface area contributed by atoms with Crippen LogP contribution in [0.25, 0.3) is 0 Å². The van der Waals surface area contributed by atoms with Crippen LogP contribution in [0.5, 0.6) is 0 Å². The fourth-order valence-corrected chi connectivity index (χ4v) is 2.82. The van der Waals surface area contributed by atoms with E-state index < -0.39 is 5.60 Å². The average molecular weight is 328 g/mol. The third-order valence-corrected chi connectivity index (χ3v) is 4.24. The van der Waals surface area contributed by atoms with Crippen LogP contribution in [0, 0.1) is 5.92 Å². The summed E-state index contributed by atoms with van der Waals surface area (Å²) in [5, 5.41) is 6.31. The lowest BCUT2D eigenvalue weighted by Gasteiger charge is -2.26. The van der Waals surface area contributed by atoms with E-state index in [0.717, 1.165) is 25.7 Å². The minimum Gasteiger partial charge on any atom is -0.468 e. The highest BCUT2D eigenvalue weighted by Gasteiger charge is 2.32. The van der Waals surface area contributed by atoms with Crippen molar-refractivity contribution in [2.45, 2.75) is 84.0 Å². The van der Waals surface area contributed by atoms with E-state index >= 15 is 0 Å². The summed E-state index contributed by atoms with van der Waals surface area (Å²) >= 11 is 0. The highest BCUT2D eigenvalue weighted by molar-refractivity contribution is 5.76. The van der Waals surface area contributed by atoms with Gasteiger partial charge in [-0.2, -0.15) is 0 Å². The smallest absolute Gasteiger partial charge is 0.407 e. The number of alkyl carbamates (subject to hydrolysis) is 1. The van der Waals surface area contributed by atoms with Crippen molar-refractivity contribution in [1.82, 2.24) is 10.6 Å². The standard InChI is InChI=1S/C17H32N2O4/c1-7-11(2)14(15(20)22-6)18-12-8-9-13(10-12)19-16(21)23-17(3,4)5/h11-14,18H,7-10H2,1-6H3,(H,19,21). The molecule has 1 amide bonds. The quantitative estimate of drug-likeness (QED) is 0.733. The average Bonchev–Trinajstić information content (AvgIpc) is 2.88. The van der Waals surface area contributed by atoms with Crippen LogP contribution in [0.3, 0.4) is 0 Å². The van der Waals surface area contributed by atoms with E-state index in [9.17, 15) is 9.59 Å². The SMILES string of the molecule is CCC(C)C(NC1CCC(NC(=O)OC(C)(C)C)C1)C(=O)OC. The van der Waals surface area contributed by atoms with Crippen LogP contribution < -0.4 is 10.6 Å². The Labute approximate surface area is 139 Å². The van der Waals surface area contributed by atoms with Gasteiger partial charge in [-0.25, -0.2) is 4.79 Å². The second-order valence-corrected chi connectivity index (χ2v) is 7.41. The zero-order valence-electron chi connectivity index (χ0n) is 15.3. The van der Waals surface area contributed by atoms with Gasteiger partial charge in [0.2, 0.25) is 0 Å². The molecule has 4 atom stereocenters. The first-order chi connectivity index (χ1) is 10.7. The minimum absolute atomic E-state index is 0.0811. The summed E-state index contributed by atoms with van der Waals surface area (Å²) in [6.07, 6.45) is 3.12.